The van der Waals surface area contributed by atoms with E-state index in [2.05, 4.69) is 4.74 Å². The lowest BCUT2D eigenvalue weighted by Crippen LogP contribution is -2.14. The minimum absolute atomic E-state index is 0.112. The number of aliphatic hydroxyl groups excluding tert-OH is 1. The van der Waals surface area contributed by atoms with Crippen molar-refractivity contribution in [3.05, 3.63) is 29.1 Å². The number of methoxy groups -OCH3 is 2. The van der Waals surface area contributed by atoms with Crippen LogP contribution in [-0.4, -0.2) is 25.3 Å². The zero-order chi connectivity index (χ0) is 12.3. The van der Waals surface area contributed by atoms with E-state index in [1.165, 1.54) is 20.1 Å². The summed E-state index contributed by atoms with van der Waals surface area (Å²) in [6.45, 7) is 1.53. The Hall–Kier alpha value is -1.62. The molecule has 0 amide bonds. The predicted octanol–water partition coefficient (Wildman–Crippen LogP) is 1.35. The lowest BCUT2D eigenvalue weighted by atomic mass is 10.0. The first-order valence-electron chi connectivity index (χ1n) is 4.61. The van der Waals surface area contributed by atoms with Crippen molar-refractivity contribution < 1.29 is 23.8 Å². The summed E-state index contributed by atoms with van der Waals surface area (Å²) in [5.41, 5.74) is 0.506. The van der Waals surface area contributed by atoms with E-state index in [-0.39, 0.29) is 11.3 Å². The van der Waals surface area contributed by atoms with Gasteiger partial charge < -0.3 is 14.6 Å². The average Bonchev–Trinajstić information content (AvgIpc) is 2.30. The van der Waals surface area contributed by atoms with Crippen molar-refractivity contribution >= 4 is 5.97 Å². The Morgan fingerprint density at radius 1 is 1.44 bits per heavy atom. The van der Waals surface area contributed by atoms with E-state index in [1.54, 1.807) is 0 Å². The number of aryl methyl sites for hydroxylation is 1. The Balaban J connectivity index is 3.21. The molecule has 0 aromatic heterocycles. The Morgan fingerprint density at radius 3 is 2.56 bits per heavy atom. The molecule has 1 aromatic carbocycles. The van der Waals surface area contributed by atoms with E-state index in [9.17, 15) is 14.3 Å². The predicted molar refractivity (Wildman–Crippen MR) is 54.7 cm³/mol. The van der Waals surface area contributed by atoms with Crippen LogP contribution in [-0.2, 0) is 9.53 Å². The number of rotatable bonds is 3. The maximum atomic E-state index is 13.2. The number of ether oxygens (including phenoxy) is 2. The van der Waals surface area contributed by atoms with Gasteiger partial charge in [0, 0.05) is 11.6 Å². The number of esters is 1. The van der Waals surface area contributed by atoms with E-state index in [1.807, 2.05) is 0 Å². The summed E-state index contributed by atoms with van der Waals surface area (Å²) in [5.74, 6) is -1.16. The van der Waals surface area contributed by atoms with Gasteiger partial charge in [-0.05, 0) is 18.6 Å². The van der Waals surface area contributed by atoms with Crippen LogP contribution in [0.3, 0.4) is 0 Å². The largest absolute Gasteiger partial charge is 0.496 e. The van der Waals surface area contributed by atoms with Crippen LogP contribution in [0.1, 0.15) is 17.2 Å². The van der Waals surface area contributed by atoms with E-state index in [0.717, 1.165) is 13.2 Å². The first-order chi connectivity index (χ1) is 7.51. The molecule has 1 atom stereocenters. The number of benzene rings is 1. The number of carbonyl (C=O) groups is 1. The highest BCUT2D eigenvalue weighted by Crippen LogP contribution is 2.28. The summed E-state index contributed by atoms with van der Waals surface area (Å²) in [5, 5.41) is 9.64. The molecule has 0 bridgehead atoms. The van der Waals surface area contributed by atoms with Crippen molar-refractivity contribution in [2.24, 2.45) is 0 Å². The van der Waals surface area contributed by atoms with Crippen LogP contribution in [0.4, 0.5) is 4.39 Å². The summed E-state index contributed by atoms with van der Waals surface area (Å²) in [4.78, 5) is 11.2. The molecule has 88 valence electrons. The highest BCUT2D eigenvalue weighted by molar-refractivity contribution is 5.77. The van der Waals surface area contributed by atoms with E-state index in [0.29, 0.717) is 5.56 Å². The van der Waals surface area contributed by atoms with Crippen LogP contribution in [0.2, 0.25) is 0 Å². The molecule has 0 aliphatic rings. The van der Waals surface area contributed by atoms with Crippen LogP contribution in [0.25, 0.3) is 0 Å². The minimum atomic E-state index is -1.47. The number of hydrogen-bond donors (Lipinski definition) is 1. The molecule has 5 heteroatoms. The Morgan fingerprint density at radius 2 is 2.06 bits per heavy atom. The third-order valence-electron chi connectivity index (χ3n) is 2.23. The molecule has 0 spiro atoms. The fraction of sp³-hybridized carbons (Fsp3) is 0.364. The molecule has 0 saturated heterocycles. The van der Waals surface area contributed by atoms with E-state index >= 15 is 0 Å². The van der Waals surface area contributed by atoms with Crippen LogP contribution in [0.5, 0.6) is 5.75 Å². The van der Waals surface area contributed by atoms with Crippen LogP contribution in [0.15, 0.2) is 12.1 Å². The summed E-state index contributed by atoms with van der Waals surface area (Å²) in [6, 6.07) is 2.48. The smallest absolute Gasteiger partial charge is 0.339 e. The molecule has 0 heterocycles. The molecular weight excluding hydrogens is 215 g/mol. The lowest BCUT2D eigenvalue weighted by molar-refractivity contribution is -0.150. The molecule has 1 N–H and O–H groups in total. The van der Waals surface area contributed by atoms with Gasteiger partial charge in [0.15, 0.2) is 6.10 Å². The number of carbonyl (C=O) groups excluding carboxylic acids is 1. The second-order valence-electron chi connectivity index (χ2n) is 3.27. The third-order valence-corrected chi connectivity index (χ3v) is 2.23. The van der Waals surface area contributed by atoms with Crippen LogP contribution in [0, 0.1) is 12.7 Å². The van der Waals surface area contributed by atoms with Crippen LogP contribution >= 0.6 is 0 Å². The van der Waals surface area contributed by atoms with E-state index in [4.69, 9.17) is 4.74 Å². The highest BCUT2D eigenvalue weighted by Gasteiger charge is 2.23. The van der Waals surface area contributed by atoms with Gasteiger partial charge in [-0.1, -0.05) is 0 Å². The Labute approximate surface area is 92.6 Å². The van der Waals surface area contributed by atoms with Crippen molar-refractivity contribution in [2.75, 3.05) is 14.2 Å². The summed E-state index contributed by atoms with van der Waals surface area (Å²) >= 11 is 0. The molecule has 0 radical (unpaired) electrons. The zero-order valence-corrected chi connectivity index (χ0v) is 9.28. The first-order valence-corrected chi connectivity index (χ1v) is 4.61. The van der Waals surface area contributed by atoms with Gasteiger partial charge in [-0.25, -0.2) is 9.18 Å². The molecule has 0 saturated carbocycles. The standard InChI is InChI=1S/C11H13FO4/c1-6-4-7(10(13)11(14)16-3)9(15-2)5-8(6)12/h4-5,10,13H,1-3H3. The second-order valence-corrected chi connectivity index (χ2v) is 3.27. The fourth-order valence-corrected chi connectivity index (χ4v) is 1.31. The van der Waals surface area contributed by atoms with Crippen molar-refractivity contribution in [3.63, 3.8) is 0 Å². The first kappa shape index (κ1) is 12.4. The van der Waals surface area contributed by atoms with Gasteiger partial charge in [-0.15, -0.1) is 0 Å². The molecular formula is C11H13FO4. The molecule has 0 fully saturated rings. The normalized spacial score (nSPS) is 12.1. The Kier molecular flexibility index (Phi) is 3.84. The molecule has 1 aromatic rings. The minimum Gasteiger partial charge on any atom is -0.496 e. The second kappa shape index (κ2) is 4.94. The summed E-state index contributed by atoms with van der Waals surface area (Å²) < 4.78 is 22.5. The number of hydrogen-bond acceptors (Lipinski definition) is 4. The van der Waals surface area contributed by atoms with Gasteiger partial charge in [0.05, 0.1) is 14.2 Å². The molecule has 1 unspecified atom stereocenters. The average molecular weight is 228 g/mol. The molecule has 0 aliphatic heterocycles. The summed E-state index contributed by atoms with van der Waals surface area (Å²) in [6.07, 6.45) is -1.47. The zero-order valence-electron chi connectivity index (χ0n) is 9.28. The van der Waals surface area contributed by atoms with Crippen molar-refractivity contribution in [2.45, 2.75) is 13.0 Å². The third kappa shape index (κ3) is 2.30. The highest BCUT2D eigenvalue weighted by atomic mass is 19.1. The monoisotopic (exact) mass is 228 g/mol. The number of aliphatic hydroxyl groups is 1. The molecule has 16 heavy (non-hydrogen) atoms. The lowest BCUT2D eigenvalue weighted by Gasteiger charge is -2.14. The van der Waals surface area contributed by atoms with Crippen molar-refractivity contribution in [1.82, 2.24) is 0 Å². The molecule has 0 aliphatic carbocycles. The van der Waals surface area contributed by atoms with Gasteiger partial charge in [-0.3, -0.25) is 0 Å². The van der Waals surface area contributed by atoms with Gasteiger partial charge in [-0.2, -0.15) is 0 Å². The van der Waals surface area contributed by atoms with Crippen LogP contribution < -0.4 is 4.74 Å². The van der Waals surface area contributed by atoms with Gasteiger partial charge >= 0.3 is 5.97 Å². The maximum Gasteiger partial charge on any atom is 0.339 e. The molecule has 1 rings (SSSR count). The topological polar surface area (TPSA) is 55.8 Å². The van der Waals surface area contributed by atoms with Crippen molar-refractivity contribution in [3.8, 4) is 5.75 Å². The summed E-state index contributed by atoms with van der Waals surface area (Å²) in [7, 11) is 2.49. The van der Waals surface area contributed by atoms with Gasteiger partial charge in [0.25, 0.3) is 0 Å². The van der Waals surface area contributed by atoms with E-state index < -0.39 is 17.9 Å². The number of halogens is 1. The van der Waals surface area contributed by atoms with Gasteiger partial charge in [0.1, 0.15) is 11.6 Å². The van der Waals surface area contributed by atoms with Gasteiger partial charge in [0.2, 0.25) is 0 Å². The SMILES string of the molecule is COC(=O)C(O)c1cc(C)c(F)cc1OC. The Bertz CT molecular complexity index is 403. The maximum absolute atomic E-state index is 13.2. The molecule has 4 nitrogen and oxygen atoms in total. The quantitative estimate of drug-likeness (QED) is 0.793. The van der Waals surface area contributed by atoms with Crippen molar-refractivity contribution in [1.29, 1.82) is 0 Å². The fourth-order valence-electron chi connectivity index (χ4n) is 1.31.